The summed E-state index contributed by atoms with van der Waals surface area (Å²) < 4.78 is 5.09. The molecule has 4 aromatic rings. The Morgan fingerprint density at radius 3 is 2.60 bits per heavy atom. The summed E-state index contributed by atoms with van der Waals surface area (Å²) in [5, 5.41) is 4.75. The molecule has 9 heteroatoms. The van der Waals surface area contributed by atoms with Gasteiger partial charge in [-0.05, 0) is 43.3 Å². The van der Waals surface area contributed by atoms with Crippen molar-refractivity contribution in [3.05, 3.63) is 72.2 Å². The topological polar surface area (TPSA) is 110 Å². The summed E-state index contributed by atoms with van der Waals surface area (Å²) in [6, 6.07) is 16.3. The molecule has 0 spiro atoms. The highest BCUT2D eigenvalue weighted by atomic mass is 32.2. The number of carbonyl (C=O) groups excluding carboxylic acids is 2. The van der Waals surface area contributed by atoms with Crippen molar-refractivity contribution in [2.45, 2.75) is 11.8 Å². The van der Waals surface area contributed by atoms with Crippen molar-refractivity contribution in [1.29, 1.82) is 0 Å². The molecule has 0 radical (unpaired) electrons. The molecule has 150 valence electrons. The molecule has 0 saturated carbocycles. The van der Waals surface area contributed by atoms with Crippen LogP contribution in [-0.2, 0) is 4.79 Å². The van der Waals surface area contributed by atoms with E-state index in [0.717, 1.165) is 15.8 Å². The molecule has 2 N–H and O–H groups in total. The number of hydrogen-bond acceptors (Lipinski definition) is 7. The normalized spacial score (nSPS) is 10.7. The number of nitrogens with one attached hydrogen (secondary N) is 2. The maximum absolute atomic E-state index is 12.3. The average Bonchev–Trinajstić information content (AvgIpc) is 3.22. The van der Waals surface area contributed by atoms with Gasteiger partial charge in [-0.15, -0.1) is 11.8 Å². The zero-order valence-corrected chi connectivity index (χ0v) is 16.8. The van der Waals surface area contributed by atoms with Crippen molar-refractivity contribution < 1.29 is 14.1 Å². The number of nitrogens with zero attached hydrogens (tertiary/aromatic N) is 3. The molecule has 0 unspecified atom stereocenters. The van der Waals surface area contributed by atoms with Gasteiger partial charge in [0.25, 0.3) is 11.8 Å². The molecule has 2 heterocycles. The van der Waals surface area contributed by atoms with Gasteiger partial charge in [-0.1, -0.05) is 23.4 Å². The zero-order valence-electron chi connectivity index (χ0n) is 16.0. The fourth-order valence-electron chi connectivity index (χ4n) is 2.75. The fourth-order valence-corrected chi connectivity index (χ4v) is 3.59. The van der Waals surface area contributed by atoms with Gasteiger partial charge in [0.05, 0.1) is 11.3 Å². The highest BCUT2D eigenvalue weighted by Gasteiger charge is 2.11. The third kappa shape index (κ3) is 4.47. The summed E-state index contributed by atoms with van der Waals surface area (Å²) in [4.78, 5) is 33.8. The first-order chi connectivity index (χ1) is 14.6. The Morgan fingerprint density at radius 2 is 1.83 bits per heavy atom. The highest BCUT2D eigenvalue weighted by Crippen LogP contribution is 2.25. The zero-order chi connectivity index (χ0) is 20.9. The van der Waals surface area contributed by atoms with E-state index < -0.39 is 5.91 Å². The molecule has 8 nitrogen and oxygen atoms in total. The van der Waals surface area contributed by atoms with Crippen molar-refractivity contribution in [3.8, 4) is 11.5 Å². The third-order valence-electron chi connectivity index (χ3n) is 4.19. The first kappa shape index (κ1) is 19.6. The molecule has 0 fully saturated rings. The summed E-state index contributed by atoms with van der Waals surface area (Å²) in [7, 11) is 0. The Bertz CT molecular complexity index is 1200. The molecular formula is C21H17N5O3S. The maximum atomic E-state index is 12.3. The number of aromatic nitrogens is 3. The van der Waals surface area contributed by atoms with Crippen LogP contribution < -0.4 is 10.9 Å². The molecule has 2 aromatic heterocycles. The van der Waals surface area contributed by atoms with Crippen molar-refractivity contribution in [2.24, 2.45) is 0 Å². The van der Waals surface area contributed by atoms with Crippen LogP contribution in [0, 0.1) is 6.92 Å². The molecule has 0 aliphatic carbocycles. The number of amides is 2. The number of aryl methyl sites for hydroxylation is 1. The van der Waals surface area contributed by atoms with Crippen molar-refractivity contribution in [1.82, 2.24) is 26.0 Å². The van der Waals surface area contributed by atoms with E-state index in [1.807, 2.05) is 30.3 Å². The van der Waals surface area contributed by atoms with Crippen LogP contribution in [0.1, 0.15) is 16.2 Å². The Hall–Kier alpha value is -3.72. The SMILES string of the molecule is Cc1noc(-c2ccc(C(=O)NNC(=O)CSc3cccc4cccnc34)cc2)n1. The molecule has 0 aliphatic rings. The van der Waals surface area contributed by atoms with Crippen molar-refractivity contribution >= 4 is 34.5 Å². The Morgan fingerprint density at radius 1 is 1.03 bits per heavy atom. The van der Waals surface area contributed by atoms with Crippen LogP contribution in [0.5, 0.6) is 0 Å². The number of rotatable bonds is 5. The summed E-state index contributed by atoms with van der Waals surface area (Å²) >= 11 is 1.36. The van der Waals surface area contributed by atoms with Gasteiger partial charge in [-0.2, -0.15) is 4.98 Å². The number of hydrogen-bond donors (Lipinski definition) is 2. The largest absolute Gasteiger partial charge is 0.334 e. The van der Waals surface area contributed by atoms with E-state index >= 15 is 0 Å². The van der Waals surface area contributed by atoms with Crippen LogP contribution in [0.15, 0.2) is 70.2 Å². The van der Waals surface area contributed by atoms with Crippen molar-refractivity contribution in [3.63, 3.8) is 0 Å². The lowest BCUT2D eigenvalue weighted by atomic mass is 10.1. The molecule has 2 aromatic carbocycles. The lowest BCUT2D eigenvalue weighted by molar-refractivity contribution is -0.119. The van der Waals surface area contributed by atoms with Crippen molar-refractivity contribution in [2.75, 3.05) is 5.75 Å². The number of benzene rings is 2. The van der Waals surface area contributed by atoms with Gasteiger partial charge in [0.15, 0.2) is 5.82 Å². The number of hydrazine groups is 1. The second-order valence-electron chi connectivity index (χ2n) is 6.35. The number of thioether (sulfide) groups is 1. The predicted molar refractivity (Wildman–Crippen MR) is 113 cm³/mol. The number of fused-ring (bicyclic) bond motifs is 1. The second-order valence-corrected chi connectivity index (χ2v) is 7.36. The van der Waals surface area contributed by atoms with Crippen LogP contribution in [0.4, 0.5) is 0 Å². The molecule has 0 atom stereocenters. The van der Waals surface area contributed by atoms with Crippen LogP contribution in [-0.4, -0.2) is 32.7 Å². The minimum absolute atomic E-state index is 0.144. The smallest absolute Gasteiger partial charge is 0.269 e. The van der Waals surface area contributed by atoms with E-state index in [1.54, 1.807) is 37.4 Å². The lowest BCUT2D eigenvalue weighted by Crippen LogP contribution is -2.42. The first-order valence-corrected chi connectivity index (χ1v) is 10.1. The van der Waals surface area contributed by atoms with E-state index in [-0.39, 0.29) is 11.7 Å². The Labute approximate surface area is 176 Å². The minimum atomic E-state index is -0.423. The fraction of sp³-hybridized carbons (Fsp3) is 0.0952. The number of pyridine rings is 1. The van der Waals surface area contributed by atoms with Crippen LogP contribution >= 0.6 is 11.8 Å². The maximum Gasteiger partial charge on any atom is 0.269 e. The van der Waals surface area contributed by atoms with Gasteiger partial charge < -0.3 is 4.52 Å². The summed E-state index contributed by atoms with van der Waals surface area (Å²) in [6.45, 7) is 1.73. The van der Waals surface area contributed by atoms with Gasteiger partial charge >= 0.3 is 0 Å². The van der Waals surface area contributed by atoms with E-state index in [0.29, 0.717) is 22.8 Å². The van der Waals surface area contributed by atoms with Gasteiger partial charge in [-0.25, -0.2) is 0 Å². The molecule has 0 bridgehead atoms. The van der Waals surface area contributed by atoms with Gasteiger partial charge in [0.1, 0.15) is 0 Å². The predicted octanol–water partition coefficient (Wildman–Crippen LogP) is 3.15. The monoisotopic (exact) mass is 419 g/mol. The number of carbonyl (C=O) groups is 2. The lowest BCUT2D eigenvalue weighted by Gasteiger charge is -2.08. The van der Waals surface area contributed by atoms with Crippen LogP contribution in [0.2, 0.25) is 0 Å². The molecule has 0 aliphatic heterocycles. The Balaban J connectivity index is 1.30. The molecule has 30 heavy (non-hydrogen) atoms. The molecule has 2 amide bonds. The van der Waals surface area contributed by atoms with E-state index in [9.17, 15) is 9.59 Å². The summed E-state index contributed by atoms with van der Waals surface area (Å²) in [5.74, 6) is 0.317. The third-order valence-corrected chi connectivity index (χ3v) is 5.24. The van der Waals surface area contributed by atoms with Crippen LogP contribution in [0.3, 0.4) is 0 Å². The second kappa shape index (κ2) is 8.75. The van der Waals surface area contributed by atoms with E-state index in [1.165, 1.54) is 11.8 Å². The Kier molecular flexibility index (Phi) is 5.71. The van der Waals surface area contributed by atoms with E-state index in [2.05, 4.69) is 26.0 Å². The van der Waals surface area contributed by atoms with Crippen LogP contribution in [0.25, 0.3) is 22.4 Å². The standard InChI is InChI=1S/C21H17N5O3S/c1-13-23-21(29-26-13)16-9-7-15(8-10-16)20(28)25-24-18(27)12-30-17-6-2-4-14-5-3-11-22-19(14)17/h2-11H,12H2,1H3,(H,24,27)(H,25,28). The number of para-hydroxylation sites is 1. The summed E-state index contributed by atoms with van der Waals surface area (Å²) in [5.41, 5.74) is 6.79. The van der Waals surface area contributed by atoms with Gasteiger partial charge in [0, 0.05) is 27.6 Å². The highest BCUT2D eigenvalue weighted by molar-refractivity contribution is 8.00. The molecule has 0 saturated heterocycles. The minimum Gasteiger partial charge on any atom is -0.334 e. The quantitative estimate of drug-likeness (QED) is 0.378. The summed E-state index contributed by atoms with van der Waals surface area (Å²) in [6.07, 6.45) is 1.72. The van der Waals surface area contributed by atoms with E-state index in [4.69, 9.17) is 4.52 Å². The van der Waals surface area contributed by atoms with Gasteiger partial charge in [-0.3, -0.25) is 25.4 Å². The molecule has 4 rings (SSSR count). The average molecular weight is 419 g/mol. The first-order valence-electron chi connectivity index (χ1n) is 9.06. The molecular weight excluding hydrogens is 402 g/mol. The van der Waals surface area contributed by atoms with Gasteiger partial charge in [0.2, 0.25) is 5.91 Å².